The molecule has 0 atom stereocenters. The van der Waals surface area contributed by atoms with Gasteiger partial charge in [-0.15, -0.1) is 0 Å². The Kier molecular flexibility index (Phi) is 6.35. The van der Waals surface area contributed by atoms with E-state index in [-0.39, 0.29) is 12.5 Å². The van der Waals surface area contributed by atoms with Gasteiger partial charge in [0.25, 0.3) is 5.91 Å². The number of benzene rings is 1. The number of hydrogen-bond donors (Lipinski definition) is 1. The van der Waals surface area contributed by atoms with Gasteiger partial charge in [-0.05, 0) is 75.6 Å². The largest absolute Gasteiger partial charge is 0.467 e. The highest BCUT2D eigenvalue weighted by Gasteiger charge is 2.19. The number of esters is 1. The molecule has 1 aromatic carbocycles. The van der Waals surface area contributed by atoms with Crippen LogP contribution in [-0.2, 0) is 16.1 Å². The molecule has 2 aromatic heterocycles. The molecule has 1 aliphatic rings. The van der Waals surface area contributed by atoms with E-state index in [1.165, 1.54) is 18.5 Å². The Hall–Kier alpha value is -3.48. The van der Waals surface area contributed by atoms with Crippen LogP contribution >= 0.6 is 0 Å². The Morgan fingerprint density at radius 3 is 2.56 bits per heavy atom. The summed E-state index contributed by atoms with van der Waals surface area (Å²) in [5, 5.41) is 2.84. The number of rotatable bonds is 7. The van der Waals surface area contributed by atoms with Crippen LogP contribution in [0.3, 0.4) is 0 Å². The van der Waals surface area contributed by atoms with Crippen molar-refractivity contribution in [3.63, 3.8) is 0 Å². The van der Waals surface area contributed by atoms with Crippen LogP contribution in [0.4, 0.5) is 11.4 Å². The molecule has 32 heavy (non-hydrogen) atoms. The Morgan fingerprint density at radius 1 is 1.09 bits per heavy atom. The molecule has 3 heterocycles. The third-order valence-electron chi connectivity index (χ3n) is 5.98. The predicted molar refractivity (Wildman–Crippen MR) is 123 cm³/mol. The van der Waals surface area contributed by atoms with E-state index in [4.69, 9.17) is 9.15 Å². The highest BCUT2D eigenvalue weighted by molar-refractivity contribution is 5.96. The monoisotopic (exact) mass is 435 g/mol. The van der Waals surface area contributed by atoms with Crippen molar-refractivity contribution in [2.24, 2.45) is 0 Å². The third kappa shape index (κ3) is 4.72. The number of nitrogens with zero attached hydrogens (tertiary/aromatic N) is 2. The van der Waals surface area contributed by atoms with E-state index in [0.717, 1.165) is 41.5 Å². The molecule has 0 bridgehead atoms. The highest BCUT2D eigenvalue weighted by Crippen LogP contribution is 2.25. The van der Waals surface area contributed by atoms with E-state index in [0.29, 0.717) is 12.1 Å². The van der Waals surface area contributed by atoms with Crippen molar-refractivity contribution in [2.75, 3.05) is 29.9 Å². The zero-order valence-electron chi connectivity index (χ0n) is 18.8. The molecule has 7 nitrogen and oxygen atoms in total. The Bertz CT molecular complexity index is 1110. The van der Waals surface area contributed by atoms with Crippen LogP contribution < -0.4 is 10.2 Å². The number of amides is 1. The van der Waals surface area contributed by atoms with Gasteiger partial charge in [0.05, 0.1) is 18.4 Å². The molecule has 1 fully saturated rings. The van der Waals surface area contributed by atoms with Crippen LogP contribution in [0.15, 0.2) is 47.1 Å². The first-order valence-electron chi connectivity index (χ1n) is 10.9. The number of furan rings is 1. The lowest BCUT2D eigenvalue weighted by Crippen LogP contribution is -2.22. The molecule has 0 spiro atoms. The van der Waals surface area contributed by atoms with E-state index >= 15 is 0 Å². The van der Waals surface area contributed by atoms with Gasteiger partial charge in [-0.1, -0.05) is 0 Å². The van der Waals surface area contributed by atoms with Crippen molar-refractivity contribution in [1.29, 1.82) is 0 Å². The Labute approximate surface area is 188 Å². The van der Waals surface area contributed by atoms with E-state index in [1.807, 2.05) is 49.6 Å². The summed E-state index contributed by atoms with van der Waals surface area (Å²) in [6.45, 7) is 8.09. The van der Waals surface area contributed by atoms with Gasteiger partial charge in [0.1, 0.15) is 5.76 Å². The van der Waals surface area contributed by atoms with Crippen molar-refractivity contribution in [1.82, 2.24) is 4.57 Å². The molecule has 3 aromatic rings. The molecule has 168 valence electrons. The summed E-state index contributed by atoms with van der Waals surface area (Å²) < 4.78 is 12.7. The van der Waals surface area contributed by atoms with Crippen molar-refractivity contribution in [2.45, 2.75) is 40.2 Å². The lowest BCUT2D eigenvalue weighted by molar-refractivity contribution is -0.119. The minimum Gasteiger partial charge on any atom is -0.467 e. The van der Waals surface area contributed by atoms with Gasteiger partial charge in [-0.2, -0.15) is 0 Å². The lowest BCUT2D eigenvalue weighted by Gasteiger charge is -2.19. The van der Waals surface area contributed by atoms with Crippen molar-refractivity contribution < 1.29 is 18.7 Å². The van der Waals surface area contributed by atoms with Crippen molar-refractivity contribution >= 4 is 23.3 Å². The van der Waals surface area contributed by atoms with Gasteiger partial charge in [0.2, 0.25) is 0 Å². The van der Waals surface area contributed by atoms with Gasteiger partial charge in [0.15, 0.2) is 6.61 Å². The SMILES string of the molecule is Cc1cc(N2CCCC2)ccc1NC(=O)COC(=O)c1cc(C)n(Cc2ccco2)c1C. The van der Waals surface area contributed by atoms with Gasteiger partial charge in [-0.3, -0.25) is 4.79 Å². The van der Waals surface area contributed by atoms with Crippen LogP contribution in [-0.4, -0.2) is 36.1 Å². The number of aryl methyl sites for hydroxylation is 2. The third-order valence-corrected chi connectivity index (χ3v) is 5.98. The first kappa shape index (κ1) is 21.7. The summed E-state index contributed by atoms with van der Waals surface area (Å²) in [5.74, 6) is -0.0722. The second-order valence-corrected chi connectivity index (χ2v) is 8.27. The van der Waals surface area contributed by atoms with E-state index in [9.17, 15) is 9.59 Å². The van der Waals surface area contributed by atoms with Crippen LogP contribution in [0, 0.1) is 20.8 Å². The van der Waals surface area contributed by atoms with Gasteiger partial charge in [-0.25, -0.2) is 4.79 Å². The van der Waals surface area contributed by atoms with Crippen LogP contribution in [0.5, 0.6) is 0 Å². The Balaban J connectivity index is 1.34. The topological polar surface area (TPSA) is 76.7 Å². The molecule has 0 aliphatic carbocycles. The number of anilines is 2. The number of carbonyl (C=O) groups is 2. The summed E-state index contributed by atoms with van der Waals surface area (Å²) in [5.41, 5.74) is 5.03. The molecule has 1 aliphatic heterocycles. The van der Waals surface area contributed by atoms with Gasteiger partial charge in [0, 0.05) is 35.9 Å². The normalized spacial score (nSPS) is 13.4. The maximum absolute atomic E-state index is 12.6. The second kappa shape index (κ2) is 9.34. The first-order chi connectivity index (χ1) is 15.4. The fourth-order valence-electron chi connectivity index (χ4n) is 4.16. The summed E-state index contributed by atoms with van der Waals surface area (Å²) in [7, 11) is 0. The Morgan fingerprint density at radius 2 is 1.88 bits per heavy atom. The van der Waals surface area contributed by atoms with Gasteiger partial charge < -0.3 is 23.9 Å². The standard InChI is InChI=1S/C25H29N3O4/c1-17-13-20(27-10-4-5-11-27)8-9-23(17)26-24(29)16-32-25(30)22-14-18(2)28(19(22)3)15-21-7-6-12-31-21/h6-9,12-14H,4-5,10-11,15-16H2,1-3H3,(H,26,29). The number of hydrogen-bond acceptors (Lipinski definition) is 5. The van der Waals surface area contributed by atoms with Crippen molar-refractivity contribution in [3.05, 3.63) is 70.9 Å². The molecule has 1 amide bonds. The molecule has 0 saturated carbocycles. The van der Waals surface area contributed by atoms with E-state index < -0.39 is 5.97 Å². The predicted octanol–water partition coefficient (Wildman–Crippen LogP) is 4.45. The van der Waals surface area contributed by atoms with E-state index in [2.05, 4.69) is 16.3 Å². The zero-order chi connectivity index (χ0) is 22.7. The minimum absolute atomic E-state index is 0.339. The van der Waals surface area contributed by atoms with Crippen LogP contribution in [0.2, 0.25) is 0 Å². The second-order valence-electron chi connectivity index (χ2n) is 8.27. The average Bonchev–Trinajstić information content (AvgIpc) is 3.53. The number of ether oxygens (including phenoxy) is 1. The smallest absolute Gasteiger partial charge is 0.340 e. The molecule has 4 rings (SSSR count). The summed E-state index contributed by atoms with van der Waals surface area (Å²) in [6.07, 6.45) is 4.06. The first-order valence-corrected chi connectivity index (χ1v) is 10.9. The summed E-state index contributed by atoms with van der Waals surface area (Å²) >= 11 is 0. The number of nitrogens with one attached hydrogen (secondary N) is 1. The molecule has 1 N–H and O–H groups in total. The molecular weight excluding hydrogens is 406 g/mol. The number of aromatic nitrogens is 1. The molecule has 0 radical (unpaired) electrons. The highest BCUT2D eigenvalue weighted by atomic mass is 16.5. The molecule has 0 unspecified atom stereocenters. The van der Waals surface area contributed by atoms with Crippen LogP contribution in [0.1, 0.15) is 45.9 Å². The maximum Gasteiger partial charge on any atom is 0.340 e. The quantitative estimate of drug-likeness (QED) is 0.555. The average molecular weight is 436 g/mol. The van der Waals surface area contributed by atoms with E-state index in [1.54, 1.807) is 12.3 Å². The van der Waals surface area contributed by atoms with Crippen LogP contribution in [0.25, 0.3) is 0 Å². The fourth-order valence-corrected chi connectivity index (χ4v) is 4.16. The lowest BCUT2D eigenvalue weighted by atomic mass is 10.1. The maximum atomic E-state index is 12.6. The summed E-state index contributed by atoms with van der Waals surface area (Å²) in [4.78, 5) is 27.3. The fraction of sp³-hybridized carbons (Fsp3) is 0.360. The number of carbonyl (C=O) groups excluding carboxylic acids is 2. The van der Waals surface area contributed by atoms with Crippen molar-refractivity contribution in [3.8, 4) is 0 Å². The summed E-state index contributed by atoms with van der Waals surface area (Å²) in [6, 6.07) is 11.5. The van der Waals surface area contributed by atoms with Gasteiger partial charge >= 0.3 is 5.97 Å². The molecule has 1 saturated heterocycles. The zero-order valence-corrected chi connectivity index (χ0v) is 18.8. The molecule has 7 heteroatoms. The minimum atomic E-state index is -0.514. The molecular formula is C25H29N3O4.